The van der Waals surface area contributed by atoms with Crippen molar-refractivity contribution in [1.82, 2.24) is 14.7 Å². The van der Waals surface area contributed by atoms with Crippen molar-refractivity contribution in [1.29, 1.82) is 0 Å². The van der Waals surface area contributed by atoms with E-state index in [4.69, 9.17) is 5.14 Å². The van der Waals surface area contributed by atoms with Crippen LogP contribution in [0.2, 0.25) is 0 Å². The number of primary sulfonamides is 1. The zero-order valence-corrected chi connectivity index (χ0v) is 15.8. The van der Waals surface area contributed by atoms with Crippen LogP contribution in [-0.2, 0) is 21.4 Å². The lowest BCUT2D eigenvalue weighted by molar-refractivity contribution is -0.128. The van der Waals surface area contributed by atoms with E-state index in [0.717, 1.165) is 17.0 Å². The molecule has 0 aliphatic rings. The van der Waals surface area contributed by atoms with E-state index in [0.29, 0.717) is 12.2 Å². The molecule has 27 heavy (non-hydrogen) atoms. The van der Waals surface area contributed by atoms with E-state index in [9.17, 15) is 13.2 Å². The zero-order chi connectivity index (χ0) is 19.6. The summed E-state index contributed by atoms with van der Waals surface area (Å²) in [6.45, 7) is 1.87. The normalized spacial score (nSPS) is 11.4. The molecule has 1 heterocycles. The lowest BCUT2D eigenvalue weighted by atomic mass is 10.1. The SMILES string of the molecule is CC(=O)N(C)Cc1cc(-c2ccccc2)n(-c2ccc(S(N)(=O)=O)cc2)n1. The van der Waals surface area contributed by atoms with Gasteiger partial charge in [-0.3, -0.25) is 4.79 Å². The van der Waals surface area contributed by atoms with Gasteiger partial charge in [0.15, 0.2) is 0 Å². The third-order valence-electron chi connectivity index (χ3n) is 4.18. The van der Waals surface area contributed by atoms with E-state index in [2.05, 4.69) is 5.10 Å². The number of benzene rings is 2. The minimum Gasteiger partial charge on any atom is -0.340 e. The Morgan fingerprint density at radius 3 is 2.30 bits per heavy atom. The van der Waals surface area contributed by atoms with Crippen LogP contribution >= 0.6 is 0 Å². The molecule has 0 spiro atoms. The van der Waals surface area contributed by atoms with Crippen LogP contribution in [0.3, 0.4) is 0 Å². The minimum absolute atomic E-state index is 0.0382. The molecule has 0 aliphatic carbocycles. The van der Waals surface area contributed by atoms with Gasteiger partial charge in [0.05, 0.1) is 28.5 Å². The Labute approximate surface area is 158 Å². The molecule has 8 heteroatoms. The van der Waals surface area contributed by atoms with Gasteiger partial charge in [0.2, 0.25) is 15.9 Å². The lowest BCUT2D eigenvalue weighted by Gasteiger charge is -2.12. The Balaban J connectivity index is 2.07. The Kier molecular flexibility index (Phi) is 5.11. The summed E-state index contributed by atoms with van der Waals surface area (Å²) < 4.78 is 24.7. The number of amides is 1. The van der Waals surface area contributed by atoms with E-state index in [1.54, 1.807) is 28.8 Å². The molecule has 1 amide bonds. The van der Waals surface area contributed by atoms with E-state index in [-0.39, 0.29) is 10.8 Å². The Morgan fingerprint density at radius 1 is 1.11 bits per heavy atom. The molecule has 0 atom stereocenters. The highest BCUT2D eigenvalue weighted by Gasteiger charge is 2.15. The third-order valence-corrected chi connectivity index (χ3v) is 5.11. The molecular weight excluding hydrogens is 364 g/mol. The first-order chi connectivity index (χ1) is 12.8. The number of hydrogen-bond acceptors (Lipinski definition) is 4. The number of carbonyl (C=O) groups is 1. The molecule has 3 rings (SSSR count). The predicted octanol–water partition coefficient (Wildman–Crippen LogP) is 2.17. The lowest BCUT2D eigenvalue weighted by Crippen LogP contribution is -2.23. The summed E-state index contributed by atoms with van der Waals surface area (Å²) in [6, 6.07) is 17.8. The number of carbonyl (C=O) groups excluding carboxylic acids is 1. The highest BCUT2D eigenvalue weighted by Crippen LogP contribution is 2.25. The molecule has 3 aromatic rings. The first kappa shape index (κ1) is 18.8. The highest BCUT2D eigenvalue weighted by molar-refractivity contribution is 7.89. The van der Waals surface area contributed by atoms with Crippen LogP contribution < -0.4 is 5.14 Å². The summed E-state index contributed by atoms with van der Waals surface area (Å²) in [5.41, 5.74) is 3.21. The molecule has 7 nitrogen and oxygen atoms in total. The molecule has 140 valence electrons. The third kappa shape index (κ3) is 4.24. The number of nitrogens with two attached hydrogens (primary N) is 1. The zero-order valence-electron chi connectivity index (χ0n) is 15.0. The van der Waals surface area contributed by atoms with Crippen molar-refractivity contribution in [3.8, 4) is 16.9 Å². The van der Waals surface area contributed by atoms with Crippen molar-refractivity contribution in [2.75, 3.05) is 7.05 Å². The van der Waals surface area contributed by atoms with Gasteiger partial charge in [-0.1, -0.05) is 30.3 Å². The largest absolute Gasteiger partial charge is 0.340 e. The second-order valence-electron chi connectivity index (χ2n) is 6.21. The molecule has 0 aliphatic heterocycles. The average Bonchev–Trinajstić information content (AvgIpc) is 3.05. The fourth-order valence-electron chi connectivity index (χ4n) is 2.65. The number of aromatic nitrogens is 2. The number of sulfonamides is 1. The molecule has 2 N–H and O–H groups in total. The molecular formula is C19H20N4O3S. The van der Waals surface area contributed by atoms with Gasteiger partial charge < -0.3 is 4.90 Å². The van der Waals surface area contributed by atoms with Crippen LogP contribution in [0.5, 0.6) is 0 Å². The highest BCUT2D eigenvalue weighted by atomic mass is 32.2. The molecule has 0 radical (unpaired) electrons. The van der Waals surface area contributed by atoms with E-state index in [1.807, 2.05) is 36.4 Å². The van der Waals surface area contributed by atoms with Gasteiger partial charge >= 0.3 is 0 Å². The first-order valence-electron chi connectivity index (χ1n) is 8.25. The van der Waals surface area contributed by atoms with Gasteiger partial charge in [-0.15, -0.1) is 0 Å². The van der Waals surface area contributed by atoms with Crippen molar-refractivity contribution in [2.24, 2.45) is 5.14 Å². The van der Waals surface area contributed by atoms with Crippen LogP contribution in [0, 0.1) is 0 Å². The fraction of sp³-hybridized carbons (Fsp3) is 0.158. The van der Waals surface area contributed by atoms with Gasteiger partial charge in [0.25, 0.3) is 0 Å². The van der Waals surface area contributed by atoms with Gasteiger partial charge in [0.1, 0.15) is 0 Å². The Bertz CT molecular complexity index is 1060. The molecule has 1 aromatic heterocycles. The molecule has 0 unspecified atom stereocenters. The van der Waals surface area contributed by atoms with Crippen LogP contribution in [0.15, 0.2) is 65.6 Å². The second kappa shape index (κ2) is 7.34. The maximum atomic E-state index is 11.5. The second-order valence-corrected chi connectivity index (χ2v) is 7.77. The molecule has 2 aromatic carbocycles. The molecule has 0 saturated heterocycles. The fourth-order valence-corrected chi connectivity index (χ4v) is 3.17. The number of nitrogens with zero attached hydrogens (tertiary/aromatic N) is 3. The smallest absolute Gasteiger partial charge is 0.238 e. The van der Waals surface area contributed by atoms with Gasteiger partial charge in [-0.05, 0) is 30.3 Å². The maximum absolute atomic E-state index is 11.5. The first-order valence-corrected chi connectivity index (χ1v) is 9.79. The van der Waals surface area contributed by atoms with Crippen molar-refractivity contribution in [3.05, 3.63) is 66.4 Å². The van der Waals surface area contributed by atoms with Crippen molar-refractivity contribution < 1.29 is 13.2 Å². The molecule has 0 saturated carbocycles. The summed E-state index contributed by atoms with van der Waals surface area (Å²) in [7, 11) is -2.05. The summed E-state index contributed by atoms with van der Waals surface area (Å²) in [5.74, 6) is -0.0525. The van der Waals surface area contributed by atoms with E-state index < -0.39 is 10.0 Å². The standard InChI is InChI=1S/C19H20N4O3S/c1-14(24)22(2)13-16-12-19(15-6-4-3-5-7-15)23(21-16)17-8-10-18(11-9-17)27(20,25)26/h3-12H,13H2,1-2H3,(H2,20,25,26). The average molecular weight is 384 g/mol. The minimum atomic E-state index is -3.76. The quantitative estimate of drug-likeness (QED) is 0.729. The van der Waals surface area contributed by atoms with Crippen LogP contribution in [0.1, 0.15) is 12.6 Å². The summed E-state index contributed by atoms with van der Waals surface area (Å²) in [5, 5.41) is 9.78. The van der Waals surface area contributed by atoms with Crippen molar-refractivity contribution in [2.45, 2.75) is 18.4 Å². The Morgan fingerprint density at radius 2 is 1.74 bits per heavy atom. The predicted molar refractivity (Wildman–Crippen MR) is 103 cm³/mol. The van der Waals surface area contributed by atoms with Gasteiger partial charge in [-0.2, -0.15) is 5.10 Å². The summed E-state index contributed by atoms with van der Waals surface area (Å²) in [4.78, 5) is 13.1. The topological polar surface area (TPSA) is 98.3 Å². The summed E-state index contributed by atoms with van der Waals surface area (Å²) >= 11 is 0. The van der Waals surface area contributed by atoms with Gasteiger partial charge in [-0.25, -0.2) is 18.2 Å². The monoisotopic (exact) mass is 384 g/mol. The van der Waals surface area contributed by atoms with Crippen molar-refractivity contribution in [3.63, 3.8) is 0 Å². The Hall–Kier alpha value is -2.97. The number of rotatable bonds is 5. The van der Waals surface area contributed by atoms with Crippen LogP contribution in [0.25, 0.3) is 16.9 Å². The molecule has 0 fully saturated rings. The van der Waals surface area contributed by atoms with Gasteiger partial charge in [0, 0.05) is 19.5 Å². The van der Waals surface area contributed by atoms with E-state index >= 15 is 0 Å². The van der Waals surface area contributed by atoms with E-state index in [1.165, 1.54) is 19.1 Å². The van der Waals surface area contributed by atoms with Crippen LogP contribution in [-0.4, -0.2) is 36.1 Å². The summed E-state index contributed by atoms with van der Waals surface area (Å²) in [6.07, 6.45) is 0. The maximum Gasteiger partial charge on any atom is 0.238 e. The van der Waals surface area contributed by atoms with Crippen molar-refractivity contribution >= 4 is 15.9 Å². The van der Waals surface area contributed by atoms with Crippen LogP contribution in [0.4, 0.5) is 0 Å². The number of hydrogen-bond donors (Lipinski definition) is 1. The molecule has 0 bridgehead atoms.